The fraction of sp³-hybridized carbons (Fsp3) is 0.263. The van der Waals surface area contributed by atoms with Crippen LogP contribution < -0.4 is 15.6 Å². The van der Waals surface area contributed by atoms with E-state index in [2.05, 4.69) is 17.8 Å². The molecule has 0 aromatic heterocycles. The van der Waals surface area contributed by atoms with E-state index in [0.29, 0.717) is 28.5 Å². The molecular formula is C19H21ClN2O3. The fourth-order valence-electron chi connectivity index (χ4n) is 2.14. The molecule has 0 spiro atoms. The molecule has 2 aromatic carbocycles. The molecule has 132 valence electrons. The van der Waals surface area contributed by atoms with E-state index >= 15 is 0 Å². The number of ether oxygens (including phenoxy) is 1. The molecule has 6 heteroatoms. The van der Waals surface area contributed by atoms with Crippen molar-refractivity contribution >= 4 is 23.4 Å². The highest BCUT2D eigenvalue weighted by Crippen LogP contribution is 2.15. The van der Waals surface area contributed by atoms with E-state index in [1.165, 1.54) is 0 Å². The lowest BCUT2D eigenvalue weighted by Gasteiger charge is -2.09. The van der Waals surface area contributed by atoms with Gasteiger partial charge in [0.15, 0.2) is 0 Å². The normalized spacial score (nSPS) is 10.2. The quantitative estimate of drug-likeness (QED) is 0.579. The van der Waals surface area contributed by atoms with Crippen molar-refractivity contribution in [3.05, 3.63) is 64.7 Å². The summed E-state index contributed by atoms with van der Waals surface area (Å²) in [5, 5.41) is 0.318. The van der Waals surface area contributed by atoms with Gasteiger partial charge in [0.2, 0.25) is 0 Å². The highest BCUT2D eigenvalue weighted by molar-refractivity contribution is 6.33. The molecule has 0 heterocycles. The Morgan fingerprint density at radius 3 is 2.32 bits per heavy atom. The summed E-state index contributed by atoms with van der Waals surface area (Å²) in [5.74, 6) is -0.180. The molecule has 2 rings (SSSR count). The van der Waals surface area contributed by atoms with Crippen LogP contribution in [0.3, 0.4) is 0 Å². The average molecular weight is 361 g/mol. The minimum atomic E-state index is -0.477. The second-order valence-electron chi connectivity index (χ2n) is 5.47. The Kier molecular flexibility index (Phi) is 7.29. The molecule has 2 amide bonds. The number of unbranched alkanes of at least 4 members (excludes halogenated alkanes) is 2. The van der Waals surface area contributed by atoms with Crippen LogP contribution >= 0.6 is 11.6 Å². The third kappa shape index (κ3) is 5.80. The molecular weight excluding hydrogens is 340 g/mol. The van der Waals surface area contributed by atoms with Crippen molar-refractivity contribution in [3.8, 4) is 5.75 Å². The first kappa shape index (κ1) is 18.8. The molecule has 2 N–H and O–H groups in total. The van der Waals surface area contributed by atoms with Crippen molar-refractivity contribution in [2.24, 2.45) is 0 Å². The number of nitrogens with one attached hydrogen (secondary N) is 2. The predicted octanol–water partition coefficient (Wildman–Crippen LogP) is 3.98. The maximum atomic E-state index is 12.1. The number of amides is 2. The van der Waals surface area contributed by atoms with E-state index in [-0.39, 0.29) is 0 Å². The molecule has 0 aliphatic carbocycles. The van der Waals surface area contributed by atoms with Crippen molar-refractivity contribution in [3.63, 3.8) is 0 Å². The minimum absolute atomic E-state index is 0.292. The Bertz CT molecular complexity index is 717. The molecule has 0 aliphatic rings. The SMILES string of the molecule is CCCCCOc1ccc(C(=O)NNC(=O)c2ccccc2Cl)cc1. The molecule has 25 heavy (non-hydrogen) atoms. The summed E-state index contributed by atoms with van der Waals surface area (Å²) >= 11 is 5.94. The summed E-state index contributed by atoms with van der Waals surface area (Å²) in [6.45, 7) is 2.80. The van der Waals surface area contributed by atoms with Crippen molar-refractivity contribution in [2.75, 3.05) is 6.61 Å². The van der Waals surface area contributed by atoms with Crippen LogP contribution in [0.5, 0.6) is 5.75 Å². The van der Waals surface area contributed by atoms with Crippen LogP contribution in [0.4, 0.5) is 0 Å². The molecule has 0 saturated heterocycles. The van der Waals surface area contributed by atoms with E-state index in [1.807, 2.05) is 0 Å². The summed E-state index contributed by atoms with van der Waals surface area (Å²) in [6, 6.07) is 13.4. The molecule has 0 bridgehead atoms. The third-order valence-electron chi connectivity index (χ3n) is 3.54. The van der Waals surface area contributed by atoms with Gasteiger partial charge < -0.3 is 4.74 Å². The predicted molar refractivity (Wildman–Crippen MR) is 97.8 cm³/mol. The number of carbonyl (C=O) groups is 2. The largest absolute Gasteiger partial charge is 0.494 e. The molecule has 0 atom stereocenters. The van der Waals surface area contributed by atoms with Gasteiger partial charge in [-0.1, -0.05) is 43.5 Å². The number of hydrazine groups is 1. The Hall–Kier alpha value is -2.53. The van der Waals surface area contributed by atoms with E-state index < -0.39 is 11.8 Å². The summed E-state index contributed by atoms with van der Waals surface area (Å²) in [4.78, 5) is 24.1. The zero-order valence-electron chi connectivity index (χ0n) is 14.0. The molecule has 0 saturated carbocycles. The fourth-order valence-corrected chi connectivity index (χ4v) is 2.36. The second kappa shape index (κ2) is 9.69. The van der Waals surface area contributed by atoms with E-state index in [1.54, 1.807) is 48.5 Å². The topological polar surface area (TPSA) is 67.4 Å². The van der Waals surface area contributed by atoms with Gasteiger partial charge in [-0.3, -0.25) is 20.4 Å². The van der Waals surface area contributed by atoms with Gasteiger partial charge in [-0.25, -0.2) is 0 Å². The summed E-state index contributed by atoms with van der Waals surface area (Å²) in [7, 11) is 0. The summed E-state index contributed by atoms with van der Waals surface area (Å²) in [5.41, 5.74) is 5.42. The zero-order chi connectivity index (χ0) is 18.1. The first-order valence-corrected chi connectivity index (χ1v) is 8.57. The van der Waals surface area contributed by atoms with Gasteiger partial charge in [-0.2, -0.15) is 0 Å². The van der Waals surface area contributed by atoms with Crippen LogP contribution in [0.25, 0.3) is 0 Å². The highest BCUT2D eigenvalue weighted by Gasteiger charge is 2.11. The van der Waals surface area contributed by atoms with Crippen molar-refractivity contribution in [2.45, 2.75) is 26.2 Å². The number of hydrogen-bond acceptors (Lipinski definition) is 3. The number of carbonyl (C=O) groups excluding carboxylic acids is 2. The van der Waals surface area contributed by atoms with E-state index in [0.717, 1.165) is 19.3 Å². The van der Waals surface area contributed by atoms with Gasteiger partial charge in [0.25, 0.3) is 11.8 Å². The molecule has 5 nitrogen and oxygen atoms in total. The Morgan fingerprint density at radius 2 is 1.64 bits per heavy atom. The number of hydrogen-bond donors (Lipinski definition) is 2. The molecule has 0 unspecified atom stereocenters. The smallest absolute Gasteiger partial charge is 0.271 e. The average Bonchev–Trinajstić information content (AvgIpc) is 2.64. The van der Waals surface area contributed by atoms with Crippen LogP contribution in [0.1, 0.15) is 46.9 Å². The lowest BCUT2D eigenvalue weighted by molar-refractivity contribution is 0.0846. The standard InChI is InChI=1S/C19H21ClN2O3/c1-2-3-6-13-25-15-11-9-14(10-12-15)18(23)21-22-19(24)16-7-4-5-8-17(16)20/h4-5,7-12H,2-3,6,13H2,1H3,(H,21,23)(H,22,24). The van der Waals surface area contributed by atoms with Gasteiger partial charge >= 0.3 is 0 Å². The molecule has 0 radical (unpaired) electrons. The second-order valence-corrected chi connectivity index (χ2v) is 5.88. The molecule has 0 aliphatic heterocycles. The van der Waals surface area contributed by atoms with E-state index in [9.17, 15) is 9.59 Å². The van der Waals surface area contributed by atoms with Crippen LogP contribution in [0, 0.1) is 0 Å². The van der Waals surface area contributed by atoms with Crippen molar-refractivity contribution < 1.29 is 14.3 Å². The van der Waals surface area contributed by atoms with Crippen LogP contribution in [0.2, 0.25) is 5.02 Å². The number of benzene rings is 2. The minimum Gasteiger partial charge on any atom is -0.494 e. The third-order valence-corrected chi connectivity index (χ3v) is 3.87. The van der Waals surface area contributed by atoms with Gasteiger partial charge in [0, 0.05) is 5.56 Å². The highest BCUT2D eigenvalue weighted by atomic mass is 35.5. The molecule has 0 fully saturated rings. The van der Waals surface area contributed by atoms with Gasteiger partial charge in [0.1, 0.15) is 5.75 Å². The van der Waals surface area contributed by atoms with Gasteiger partial charge in [-0.15, -0.1) is 0 Å². The van der Waals surface area contributed by atoms with Gasteiger partial charge in [-0.05, 0) is 42.8 Å². The van der Waals surface area contributed by atoms with Crippen LogP contribution in [-0.4, -0.2) is 18.4 Å². The van der Waals surface area contributed by atoms with Crippen LogP contribution in [-0.2, 0) is 0 Å². The number of halogens is 1. The lowest BCUT2D eigenvalue weighted by Crippen LogP contribution is -2.41. The summed E-state index contributed by atoms with van der Waals surface area (Å²) < 4.78 is 5.60. The van der Waals surface area contributed by atoms with Crippen molar-refractivity contribution in [1.29, 1.82) is 0 Å². The maximum Gasteiger partial charge on any atom is 0.271 e. The van der Waals surface area contributed by atoms with Crippen LogP contribution in [0.15, 0.2) is 48.5 Å². The number of rotatable bonds is 7. The molecule has 2 aromatic rings. The van der Waals surface area contributed by atoms with Gasteiger partial charge in [0.05, 0.1) is 17.2 Å². The van der Waals surface area contributed by atoms with E-state index in [4.69, 9.17) is 16.3 Å². The Morgan fingerprint density at radius 1 is 0.960 bits per heavy atom. The zero-order valence-corrected chi connectivity index (χ0v) is 14.8. The lowest BCUT2D eigenvalue weighted by atomic mass is 10.2. The first-order valence-electron chi connectivity index (χ1n) is 8.20. The summed E-state index contributed by atoms with van der Waals surface area (Å²) in [6.07, 6.45) is 3.28. The van der Waals surface area contributed by atoms with Crippen molar-refractivity contribution in [1.82, 2.24) is 10.9 Å². The maximum absolute atomic E-state index is 12.1. The Labute approximate surface area is 152 Å². The monoisotopic (exact) mass is 360 g/mol. The first-order chi connectivity index (χ1) is 12.1. The Balaban J connectivity index is 1.84.